The largest absolute Gasteiger partial charge is 0.450 e. The monoisotopic (exact) mass is 408 g/mol. The first-order valence-corrected chi connectivity index (χ1v) is 8.63. The van der Waals surface area contributed by atoms with Crippen molar-refractivity contribution in [1.82, 2.24) is 30.0 Å². The van der Waals surface area contributed by atoms with Gasteiger partial charge >= 0.3 is 6.09 Å². The van der Waals surface area contributed by atoms with E-state index >= 15 is 0 Å². The van der Waals surface area contributed by atoms with Crippen molar-refractivity contribution in [3.63, 3.8) is 0 Å². The molecule has 9 nitrogen and oxygen atoms in total. The van der Waals surface area contributed by atoms with Gasteiger partial charge in [-0.2, -0.15) is 4.68 Å². The molecular weight excluding hydrogens is 392 g/mol. The first-order chi connectivity index (χ1) is 12.1. The zero-order valence-corrected chi connectivity index (χ0v) is 15.2. The Hall–Kier alpha value is -2.49. The highest BCUT2D eigenvalue weighted by Gasteiger charge is 2.27. The molecule has 1 aliphatic heterocycles. The molecule has 0 unspecified atom stereocenters. The molecule has 2 amide bonds. The molecule has 0 radical (unpaired) electrons. The van der Waals surface area contributed by atoms with Crippen molar-refractivity contribution in [3.8, 4) is 5.69 Å². The summed E-state index contributed by atoms with van der Waals surface area (Å²) >= 11 is 3.40. The number of nitrogens with zero attached hydrogens (tertiary/aromatic N) is 6. The van der Waals surface area contributed by atoms with Gasteiger partial charge in [-0.05, 0) is 35.5 Å². The summed E-state index contributed by atoms with van der Waals surface area (Å²) in [7, 11) is 0. The Balaban J connectivity index is 1.76. The number of ether oxygens (including phenoxy) is 1. The van der Waals surface area contributed by atoms with E-state index in [1.807, 2.05) is 6.07 Å². The maximum atomic E-state index is 13.0. The van der Waals surface area contributed by atoms with E-state index in [2.05, 4.69) is 31.5 Å². The van der Waals surface area contributed by atoms with E-state index in [-0.39, 0.29) is 12.0 Å². The van der Waals surface area contributed by atoms with Gasteiger partial charge < -0.3 is 14.5 Å². The van der Waals surface area contributed by atoms with Crippen LogP contribution in [0, 0.1) is 0 Å². The van der Waals surface area contributed by atoms with Crippen molar-refractivity contribution in [2.75, 3.05) is 32.8 Å². The number of benzene rings is 1. The molecule has 0 spiro atoms. The molecule has 2 aromatic rings. The lowest BCUT2D eigenvalue weighted by Crippen LogP contribution is -2.50. The smallest absolute Gasteiger partial charge is 0.409 e. The molecule has 132 valence electrons. The van der Waals surface area contributed by atoms with E-state index in [1.165, 1.54) is 11.0 Å². The van der Waals surface area contributed by atoms with E-state index in [9.17, 15) is 9.59 Å². The molecule has 0 N–H and O–H groups in total. The van der Waals surface area contributed by atoms with Crippen molar-refractivity contribution in [3.05, 3.63) is 34.6 Å². The normalized spacial score (nSPS) is 14.5. The summed E-state index contributed by atoms with van der Waals surface area (Å²) in [6, 6.07) is 5.35. The van der Waals surface area contributed by atoms with Gasteiger partial charge in [0.15, 0.2) is 0 Å². The van der Waals surface area contributed by atoms with E-state index < -0.39 is 0 Å². The highest BCUT2D eigenvalue weighted by Crippen LogP contribution is 2.21. The van der Waals surface area contributed by atoms with Gasteiger partial charge in [-0.25, -0.2) is 4.79 Å². The number of halogens is 1. The topological polar surface area (TPSA) is 93.5 Å². The Morgan fingerprint density at radius 3 is 2.56 bits per heavy atom. The third kappa shape index (κ3) is 3.78. The second kappa shape index (κ2) is 7.60. The third-order valence-corrected chi connectivity index (χ3v) is 4.37. The van der Waals surface area contributed by atoms with Gasteiger partial charge in [-0.3, -0.25) is 4.79 Å². The molecule has 1 fully saturated rings. The van der Waals surface area contributed by atoms with E-state index in [0.29, 0.717) is 44.0 Å². The zero-order chi connectivity index (χ0) is 17.8. The van der Waals surface area contributed by atoms with Crippen LogP contribution >= 0.6 is 15.9 Å². The number of amides is 2. The van der Waals surface area contributed by atoms with Crippen LogP contribution in [0.25, 0.3) is 5.69 Å². The van der Waals surface area contributed by atoms with Crippen molar-refractivity contribution >= 4 is 27.9 Å². The van der Waals surface area contributed by atoms with Crippen LogP contribution in [0.15, 0.2) is 29.0 Å². The Kier molecular flexibility index (Phi) is 5.27. The molecule has 1 aromatic carbocycles. The minimum Gasteiger partial charge on any atom is -0.450 e. The van der Waals surface area contributed by atoms with Gasteiger partial charge in [-0.1, -0.05) is 15.9 Å². The maximum absolute atomic E-state index is 13.0. The highest BCUT2D eigenvalue weighted by molar-refractivity contribution is 9.10. The quantitative estimate of drug-likeness (QED) is 0.760. The molecule has 3 rings (SSSR count). The summed E-state index contributed by atoms with van der Waals surface area (Å²) in [6.07, 6.45) is 1.10. The predicted molar refractivity (Wildman–Crippen MR) is 91.4 cm³/mol. The number of carbonyl (C=O) groups is 2. The molecule has 0 bridgehead atoms. The van der Waals surface area contributed by atoms with Crippen molar-refractivity contribution in [2.24, 2.45) is 0 Å². The van der Waals surface area contributed by atoms with E-state index in [4.69, 9.17) is 4.74 Å². The summed E-state index contributed by atoms with van der Waals surface area (Å²) in [5, 5.41) is 11.1. The average molecular weight is 409 g/mol. The number of carbonyl (C=O) groups excluding carboxylic acids is 2. The Labute approximate surface area is 152 Å². The van der Waals surface area contributed by atoms with Crippen molar-refractivity contribution in [1.29, 1.82) is 0 Å². The number of aromatic nitrogens is 4. The molecular formula is C15H17BrN6O3. The van der Waals surface area contributed by atoms with Crippen LogP contribution in [0.4, 0.5) is 4.79 Å². The lowest BCUT2D eigenvalue weighted by molar-refractivity contribution is 0.0570. The van der Waals surface area contributed by atoms with Crippen LogP contribution in [0.2, 0.25) is 0 Å². The summed E-state index contributed by atoms with van der Waals surface area (Å²) in [5.41, 5.74) is 1.09. The first-order valence-electron chi connectivity index (χ1n) is 7.84. The fourth-order valence-corrected chi connectivity index (χ4v) is 2.99. The highest BCUT2D eigenvalue weighted by atomic mass is 79.9. The Morgan fingerprint density at radius 1 is 1.20 bits per heavy atom. The maximum Gasteiger partial charge on any atom is 0.409 e. The molecule has 1 aliphatic rings. The average Bonchev–Trinajstić information content (AvgIpc) is 3.16. The third-order valence-electron chi connectivity index (χ3n) is 3.88. The van der Waals surface area contributed by atoms with E-state index in [0.717, 1.165) is 4.47 Å². The molecule has 10 heteroatoms. The second-order valence-electron chi connectivity index (χ2n) is 5.39. The minimum atomic E-state index is -0.341. The van der Waals surface area contributed by atoms with Gasteiger partial charge in [0.2, 0.25) is 0 Å². The fraction of sp³-hybridized carbons (Fsp3) is 0.400. The predicted octanol–water partition coefficient (Wildman–Crippen LogP) is 1.34. The van der Waals surface area contributed by atoms with Gasteiger partial charge in [0.25, 0.3) is 5.91 Å². The number of hydrogen-bond acceptors (Lipinski definition) is 6. The van der Waals surface area contributed by atoms with Crippen molar-refractivity contribution < 1.29 is 14.3 Å². The van der Waals surface area contributed by atoms with Crippen LogP contribution < -0.4 is 0 Å². The fourth-order valence-electron chi connectivity index (χ4n) is 2.63. The molecule has 2 heterocycles. The Bertz CT molecular complexity index is 759. The summed E-state index contributed by atoms with van der Waals surface area (Å²) in [6.45, 7) is 3.88. The van der Waals surface area contributed by atoms with Crippen LogP contribution in [-0.4, -0.2) is 74.8 Å². The molecule has 1 aromatic heterocycles. The molecule has 0 saturated carbocycles. The number of rotatable bonds is 3. The number of tetrazole rings is 1. The molecule has 1 saturated heterocycles. The minimum absolute atomic E-state index is 0.129. The van der Waals surface area contributed by atoms with Gasteiger partial charge in [0, 0.05) is 30.7 Å². The summed E-state index contributed by atoms with van der Waals surface area (Å²) in [5.74, 6) is -0.129. The van der Waals surface area contributed by atoms with Crippen molar-refractivity contribution in [2.45, 2.75) is 6.92 Å². The number of piperazine rings is 1. The van der Waals surface area contributed by atoms with E-state index in [1.54, 1.807) is 28.9 Å². The van der Waals surface area contributed by atoms with Gasteiger partial charge in [0.05, 0.1) is 17.9 Å². The van der Waals surface area contributed by atoms with Crippen LogP contribution in [0.3, 0.4) is 0 Å². The van der Waals surface area contributed by atoms with Crippen LogP contribution in [0.5, 0.6) is 0 Å². The summed E-state index contributed by atoms with van der Waals surface area (Å²) in [4.78, 5) is 28.0. The lowest BCUT2D eigenvalue weighted by Gasteiger charge is -2.34. The van der Waals surface area contributed by atoms with Gasteiger partial charge in [-0.15, -0.1) is 5.10 Å². The van der Waals surface area contributed by atoms with Gasteiger partial charge in [0.1, 0.15) is 6.33 Å². The second-order valence-corrected chi connectivity index (χ2v) is 6.31. The zero-order valence-electron chi connectivity index (χ0n) is 13.6. The molecule has 25 heavy (non-hydrogen) atoms. The SMILES string of the molecule is CCOC(=O)N1CCN(C(=O)c2cc(Br)ccc2-n2cnnn2)CC1. The standard InChI is InChI=1S/C15H17BrN6O3/c1-2-25-15(24)21-7-5-20(6-8-21)14(23)12-9-11(16)3-4-13(12)22-10-17-18-19-22/h3-4,9-10H,2,5-8H2,1H3. The molecule has 0 atom stereocenters. The lowest BCUT2D eigenvalue weighted by atomic mass is 10.1. The summed E-state index contributed by atoms with van der Waals surface area (Å²) < 4.78 is 7.24. The van der Waals surface area contributed by atoms with Crippen LogP contribution in [-0.2, 0) is 4.74 Å². The number of hydrogen-bond donors (Lipinski definition) is 0. The Morgan fingerprint density at radius 2 is 1.92 bits per heavy atom. The first kappa shape index (κ1) is 17.3. The molecule has 0 aliphatic carbocycles. The van der Waals surface area contributed by atoms with Crippen LogP contribution in [0.1, 0.15) is 17.3 Å².